The molecule has 22 heavy (non-hydrogen) atoms. The highest BCUT2D eigenvalue weighted by atomic mass is 16.5. The van der Waals surface area contributed by atoms with Gasteiger partial charge in [-0.3, -0.25) is 0 Å². The van der Waals surface area contributed by atoms with Crippen LogP contribution in [0.2, 0.25) is 0 Å². The van der Waals surface area contributed by atoms with Gasteiger partial charge < -0.3 is 4.74 Å². The zero-order valence-corrected chi connectivity index (χ0v) is 14.3. The van der Waals surface area contributed by atoms with Crippen LogP contribution in [-0.4, -0.2) is 12.6 Å². The van der Waals surface area contributed by atoms with Gasteiger partial charge in [0.1, 0.15) is 0 Å². The van der Waals surface area contributed by atoms with Gasteiger partial charge in [-0.1, -0.05) is 62.0 Å². The summed E-state index contributed by atoms with van der Waals surface area (Å²) in [4.78, 5) is 11.1. The Labute approximate surface area is 134 Å². The molecule has 0 spiro atoms. The molecule has 0 atom stereocenters. The van der Waals surface area contributed by atoms with Crippen molar-refractivity contribution < 1.29 is 9.53 Å². The normalized spacial score (nSPS) is 19.1. The van der Waals surface area contributed by atoms with Gasteiger partial charge in [-0.05, 0) is 44.1 Å². The lowest BCUT2D eigenvalue weighted by Gasteiger charge is -2.32. The quantitative estimate of drug-likeness (QED) is 0.378. The summed E-state index contributed by atoms with van der Waals surface area (Å²) in [6.45, 7) is 9.08. The van der Waals surface area contributed by atoms with Crippen molar-refractivity contribution in [2.24, 2.45) is 5.41 Å². The van der Waals surface area contributed by atoms with Crippen molar-refractivity contribution in [1.29, 1.82) is 0 Å². The standard InChI is InChI=1S/C20H28O2/c1-5-22-19(21)15-11-9-7-6-8-10-14-18-17(2)13-12-16-20(18,3)4/h6-11,14-15H,5,12-13,16H2,1-4H3/b8-6+,9-7+,14-10+,15-11+. The van der Waals surface area contributed by atoms with Crippen molar-refractivity contribution in [3.8, 4) is 0 Å². The van der Waals surface area contributed by atoms with E-state index in [4.69, 9.17) is 4.74 Å². The highest BCUT2D eigenvalue weighted by Gasteiger charge is 2.26. The van der Waals surface area contributed by atoms with Crippen LogP contribution in [0, 0.1) is 5.41 Å². The zero-order chi connectivity index (χ0) is 16.4. The largest absolute Gasteiger partial charge is 0.463 e. The molecule has 0 fully saturated rings. The van der Waals surface area contributed by atoms with E-state index in [1.807, 2.05) is 24.3 Å². The monoisotopic (exact) mass is 300 g/mol. The Morgan fingerprint density at radius 1 is 1.14 bits per heavy atom. The molecule has 1 aliphatic carbocycles. The van der Waals surface area contributed by atoms with Crippen LogP contribution in [0.1, 0.15) is 47.0 Å². The van der Waals surface area contributed by atoms with E-state index in [2.05, 4.69) is 32.9 Å². The second kappa shape index (κ2) is 9.24. The van der Waals surface area contributed by atoms with Gasteiger partial charge in [-0.2, -0.15) is 0 Å². The molecule has 0 aromatic carbocycles. The molecule has 2 heteroatoms. The Morgan fingerprint density at radius 3 is 2.41 bits per heavy atom. The van der Waals surface area contributed by atoms with Crippen molar-refractivity contribution in [3.63, 3.8) is 0 Å². The highest BCUT2D eigenvalue weighted by molar-refractivity contribution is 5.82. The molecular weight excluding hydrogens is 272 g/mol. The first-order valence-electron chi connectivity index (χ1n) is 8.02. The molecule has 1 aliphatic rings. The first-order chi connectivity index (χ1) is 10.5. The predicted octanol–water partition coefficient (Wildman–Crippen LogP) is 5.30. The number of rotatable bonds is 6. The van der Waals surface area contributed by atoms with E-state index >= 15 is 0 Å². The van der Waals surface area contributed by atoms with Crippen LogP contribution < -0.4 is 0 Å². The summed E-state index contributed by atoms with van der Waals surface area (Å²) in [6, 6.07) is 0. The summed E-state index contributed by atoms with van der Waals surface area (Å²) >= 11 is 0. The molecule has 0 saturated heterocycles. The lowest BCUT2D eigenvalue weighted by Crippen LogP contribution is -2.18. The SMILES string of the molecule is CCOC(=O)/C=C/C=C/C=C/C=C/C1=C(C)CCCC1(C)C. The summed E-state index contributed by atoms with van der Waals surface area (Å²) in [5.74, 6) is -0.307. The van der Waals surface area contributed by atoms with E-state index in [9.17, 15) is 4.79 Å². The van der Waals surface area contributed by atoms with Gasteiger partial charge in [-0.25, -0.2) is 4.79 Å². The van der Waals surface area contributed by atoms with Crippen LogP contribution in [-0.2, 0) is 9.53 Å². The minimum absolute atomic E-state index is 0.283. The molecule has 1 rings (SSSR count). The summed E-state index contributed by atoms with van der Waals surface area (Å²) in [5, 5.41) is 0. The first-order valence-corrected chi connectivity index (χ1v) is 8.02. The smallest absolute Gasteiger partial charge is 0.330 e. The van der Waals surface area contributed by atoms with E-state index in [1.165, 1.54) is 36.5 Å². The molecule has 0 radical (unpaired) electrons. The molecule has 0 bridgehead atoms. The maximum absolute atomic E-state index is 11.1. The van der Waals surface area contributed by atoms with Crippen molar-refractivity contribution in [2.75, 3.05) is 6.61 Å². The molecule has 120 valence electrons. The summed E-state index contributed by atoms with van der Waals surface area (Å²) in [7, 11) is 0. The third-order valence-electron chi connectivity index (χ3n) is 3.88. The number of allylic oxidation sites excluding steroid dienone is 9. The van der Waals surface area contributed by atoms with Gasteiger partial charge in [0.25, 0.3) is 0 Å². The van der Waals surface area contributed by atoms with Crippen molar-refractivity contribution in [1.82, 2.24) is 0 Å². The number of esters is 1. The Morgan fingerprint density at radius 2 is 1.77 bits per heavy atom. The minimum Gasteiger partial charge on any atom is -0.463 e. The number of hydrogen-bond acceptors (Lipinski definition) is 2. The lowest BCUT2D eigenvalue weighted by atomic mass is 9.73. The number of ether oxygens (including phenoxy) is 1. The maximum Gasteiger partial charge on any atom is 0.330 e. The van der Waals surface area contributed by atoms with E-state index in [1.54, 1.807) is 13.0 Å². The van der Waals surface area contributed by atoms with Gasteiger partial charge in [-0.15, -0.1) is 0 Å². The van der Waals surface area contributed by atoms with Crippen molar-refractivity contribution in [3.05, 3.63) is 59.8 Å². The maximum atomic E-state index is 11.1. The lowest BCUT2D eigenvalue weighted by molar-refractivity contribution is -0.137. The summed E-state index contributed by atoms with van der Waals surface area (Å²) in [6.07, 6.45) is 18.9. The number of carbonyl (C=O) groups excluding carboxylic acids is 1. The van der Waals surface area contributed by atoms with Gasteiger partial charge in [0.15, 0.2) is 0 Å². The molecule has 0 amide bonds. The molecule has 0 unspecified atom stereocenters. The fourth-order valence-electron chi connectivity index (χ4n) is 2.74. The van der Waals surface area contributed by atoms with Crippen LogP contribution in [0.15, 0.2) is 59.8 Å². The third kappa shape index (κ3) is 6.30. The molecule has 0 saturated carbocycles. The molecule has 0 aliphatic heterocycles. The molecule has 0 N–H and O–H groups in total. The van der Waals surface area contributed by atoms with E-state index in [-0.39, 0.29) is 11.4 Å². The second-order valence-corrected chi connectivity index (χ2v) is 6.17. The average Bonchev–Trinajstić information content (AvgIpc) is 2.44. The molecule has 0 aromatic heterocycles. The zero-order valence-electron chi connectivity index (χ0n) is 14.3. The van der Waals surface area contributed by atoms with Crippen molar-refractivity contribution >= 4 is 5.97 Å². The van der Waals surface area contributed by atoms with Gasteiger partial charge in [0.2, 0.25) is 0 Å². The van der Waals surface area contributed by atoms with Gasteiger partial charge >= 0.3 is 5.97 Å². The summed E-state index contributed by atoms with van der Waals surface area (Å²) in [5.41, 5.74) is 3.26. The molecule has 0 aromatic rings. The van der Waals surface area contributed by atoms with E-state index in [0.29, 0.717) is 6.61 Å². The molecule has 2 nitrogen and oxygen atoms in total. The van der Waals surface area contributed by atoms with Crippen molar-refractivity contribution in [2.45, 2.75) is 47.0 Å². The van der Waals surface area contributed by atoms with Gasteiger partial charge in [0, 0.05) is 6.08 Å². The Hall–Kier alpha value is -1.83. The average molecular weight is 300 g/mol. The minimum atomic E-state index is -0.307. The molecular formula is C20H28O2. The molecule has 0 heterocycles. The van der Waals surface area contributed by atoms with Crippen LogP contribution in [0.3, 0.4) is 0 Å². The van der Waals surface area contributed by atoms with E-state index < -0.39 is 0 Å². The first kappa shape index (κ1) is 18.2. The second-order valence-electron chi connectivity index (χ2n) is 6.17. The van der Waals surface area contributed by atoms with Gasteiger partial charge in [0.05, 0.1) is 6.61 Å². The Balaban J connectivity index is 2.50. The van der Waals surface area contributed by atoms with Crippen LogP contribution in [0.4, 0.5) is 0 Å². The Bertz CT molecular complexity index is 514. The van der Waals surface area contributed by atoms with Crippen LogP contribution in [0.5, 0.6) is 0 Å². The number of hydrogen-bond donors (Lipinski definition) is 0. The van der Waals surface area contributed by atoms with E-state index in [0.717, 1.165) is 0 Å². The topological polar surface area (TPSA) is 26.3 Å². The van der Waals surface area contributed by atoms with Crippen LogP contribution in [0.25, 0.3) is 0 Å². The van der Waals surface area contributed by atoms with Crippen LogP contribution >= 0.6 is 0 Å². The highest BCUT2D eigenvalue weighted by Crippen LogP contribution is 2.40. The fraction of sp³-hybridized carbons (Fsp3) is 0.450. The summed E-state index contributed by atoms with van der Waals surface area (Å²) < 4.78 is 4.79. The fourth-order valence-corrected chi connectivity index (χ4v) is 2.74. The predicted molar refractivity (Wildman–Crippen MR) is 93.5 cm³/mol. The third-order valence-corrected chi connectivity index (χ3v) is 3.88. The number of carbonyl (C=O) groups is 1. The Kier molecular flexibility index (Phi) is 7.65.